The lowest BCUT2D eigenvalue weighted by atomic mass is 10.1. The highest BCUT2D eigenvalue weighted by molar-refractivity contribution is 6.30. The van der Waals surface area contributed by atoms with E-state index in [4.69, 9.17) is 16.7 Å². The van der Waals surface area contributed by atoms with E-state index in [1.807, 2.05) is 42.5 Å². The summed E-state index contributed by atoms with van der Waals surface area (Å²) in [4.78, 5) is 23.4. The van der Waals surface area contributed by atoms with E-state index < -0.39 is 5.97 Å². The van der Waals surface area contributed by atoms with Crippen molar-refractivity contribution in [1.82, 2.24) is 4.57 Å². The van der Waals surface area contributed by atoms with Crippen LogP contribution in [0.4, 0.5) is 0 Å². The molecule has 0 aliphatic rings. The molecule has 0 spiro atoms. The SMILES string of the molecule is O=C(O)c1cccc(Cn2ccc(/C=C/c3ccc(Cl)cc3)cc2=O)c1. The highest BCUT2D eigenvalue weighted by Gasteiger charge is 2.04. The first-order valence-corrected chi connectivity index (χ1v) is 8.35. The summed E-state index contributed by atoms with van der Waals surface area (Å²) in [5, 5.41) is 9.73. The third-order valence-corrected chi connectivity index (χ3v) is 4.14. The predicted octanol–water partition coefficient (Wildman–Crippen LogP) is 4.42. The molecule has 0 fully saturated rings. The zero-order valence-corrected chi connectivity index (χ0v) is 14.6. The second kappa shape index (κ2) is 7.85. The molecule has 1 aromatic heterocycles. The molecule has 0 radical (unpaired) electrons. The van der Waals surface area contributed by atoms with Gasteiger partial charge in [-0.25, -0.2) is 4.79 Å². The molecule has 0 aliphatic carbocycles. The van der Waals surface area contributed by atoms with Crippen LogP contribution in [0.3, 0.4) is 0 Å². The summed E-state index contributed by atoms with van der Waals surface area (Å²) in [5.41, 5.74) is 2.60. The van der Waals surface area contributed by atoms with Crippen molar-refractivity contribution in [2.24, 2.45) is 0 Å². The molecule has 130 valence electrons. The first-order chi connectivity index (χ1) is 12.5. The molecule has 0 unspecified atom stereocenters. The zero-order valence-electron chi connectivity index (χ0n) is 13.8. The van der Waals surface area contributed by atoms with Crippen LogP contribution in [-0.4, -0.2) is 15.6 Å². The Morgan fingerprint density at radius 1 is 1.00 bits per heavy atom. The molecule has 0 bridgehead atoms. The van der Waals surface area contributed by atoms with Crippen molar-refractivity contribution in [3.8, 4) is 0 Å². The van der Waals surface area contributed by atoms with E-state index in [0.29, 0.717) is 11.6 Å². The van der Waals surface area contributed by atoms with E-state index in [9.17, 15) is 9.59 Å². The van der Waals surface area contributed by atoms with E-state index in [2.05, 4.69) is 0 Å². The average molecular weight is 366 g/mol. The number of carbonyl (C=O) groups is 1. The summed E-state index contributed by atoms with van der Waals surface area (Å²) in [5.74, 6) is -0.984. The van der Waals surface area contributed by atoms with Gasteiger partial charge in [-0.15, -0.1) is 0 Å². The lowest BCUT2D eigenvalue weighted by Crippen LogP contribution is -2.19. The molecule has 0 saturated heterocycles. The maximum Gasteiger partial charge on any atom is 0.335 e. The van der Waals surface area contributed by atoms with Crippen LogP contribution in [0, 0.1) is 0 Å². The van der Waals surface area contributed by atoms with Crippen LogP contribution in [0.5, 0.6) is 0 Å². The Morgan fingerprint density at radius 3 is 2.42 bits per heavy atom. The van der Waals surface area contributed by atoms with Crippen LogP contribution < -0.4 is 5.56 Å². The van der Waals surface area contributed by atoms with E-state index in [1.165, 1.54) is 6.07 Å². The number of benzene rings is 2. The van der Waals surface area contributed by atoms with Gasteiger partial charge in [-0.3, -0.25) is 4.79 Å². The molecule has 1 N–H and O–H groups in total. The highest BCUT2D eigenvalue weighted by atomic mass is 35.5. The van der Waals surface area contributed by atoms with Crippen LogP contribution in [0.25, 0.3) is 12.2 Å². The van der Waals surface area contributed by atoms with E-state index in [0.717, 1.165) is 16.7 Å². The number of hydrogen-bond acceptors (Lipinski definition) is 2. The Labute approximate surface area is 155 Å². The Balaban J connectivity index is 1.77. The molecule has 3 rings (SSSR count). The number of halogens is 1. The quantitative estimate of drug-likeness (QED) is 0.728. The van der Waals surface area contributed by atoms with Crippen LogP contribution >= 0.6 is 11.6 Å². The van der Waals surface area contributed by atoms with E-state index >= 15 is 0 Å². The molecule has 0 saturated carbocycles. The van der Waals surface area contributed by atoms with Crippen molar-refractivity contribution in [1.29, 1.82) is 0 Å². The number of carboxylic acid groups (broad SMARTS) is 1. The second-order valence-corrected chi connectivity index (χ2v) is 6.25. The van der Waals surface area contributed by atoms with Gasteiger partial charge in [0.1, 0.15) is 0 Å². The van der Waals surface area contributed by atoms with Gasteiger partial charge >= 0.3 is 5.97 Å². The molecule has 26 heavy (non-hydrogen) atoms. The normalized spacial score (nSPS) is 11.0. The number of rotatable bonds is 5. The van der Waals surface area contributed by atoms with Gasteiger partial charge in [0, 0.05) is 17.3 Å². The lowest BCUT2D eigenvalue weighted by molar-refractivity contribution is 0.0696. The minimum atomic E-state index is -0.984. The molecule has 2 aromatic carbocycles. The van der Waals surface area contributed by atoms with Gasteiger partial charge in [-0.1, -0.05) is 48.0 Å². The Bertz CT molecular complexity index is 1020. The molecule has 5 heteroatoms. The third-order valence-electron chi connectivity index (χ3n) is 3.89. The number of carboxylic acids is 1. The lowest BCUT2D eigenvalue weighted by Gasteiger charge is -2.07. The van der Waals surface area contributed by atoms with Crippen LogP contribution in [0.15, 0.2) is 71.7 Å². The Hall–Kier alpha value is -3.11. The standard InChI is InChI=1S/C21H16ClNO3/c22-19-8-6-15(7-9-19)4-5-16-10-11-23(20(24)13-16)14-17-2-1-3-18(12-17)21(25)26/h1-13H,14H2,(H,25,26)/b5-4+. The third kappa shape index (κ3) is 4.49. The minimum Gasteiger partial charge on any atom is -0.478 e. The predicted molar refractivity (Wildman–Crippen MR) is 104 cm³/mol. The minimum absolute atomic E-state index is 0.149. The van der Waals surface area contributed by atoms with Crippen molar-refractivity contribution in [2.45, 2.75) is 6.54 Å². The Morgan fingerprint density at radius 2 is 1.73 bits per heavy atom. The van der Waals surface area contributed by atoms with Crippen LogP contribution in [0.1, 0.15) is 27.0 Å². The van der Waals surface area contributed by atoms with Crippen LogP contribution in [-0.2, 0) is 6.54 Å². The monoisotopic (exact) mass is 365 g/mol. The summed E-state index contributed by atoms with van der Waals surface area (Å²) in [6, 6.07) is 17.4. The first kappa shape index (κ1) is 17.7. The smallest absolute Gasteiger partial charge is 0.335 e. The number of aromatic nitrogens is 1. The number of pyridine rings is 1. The van der Waals surface area contributed by atoms with Crippen molar-refractivity contribution in [2.75, 3.05) is 0 Å². The highest BCUT2D eigenvalue weighted by Crippen LogP contribution is 2.12. The summed E-state index contributed by atoms with van der Waals surface area (Å²) in [6.45, 7) is 0.321. The topological polar surface area (TPSA) is 59.3 Å². The summed E-state index contributed by atoms with van der Waals surface area (Å²) >= 11 is 5.86. The molecule has 0 atom stereocenters. The maximum absolute atomic E-state index is 12.3. The fourth-order valence-corrected chi connectivity index (χ4v) is 2.65. The fraction of sp³-hybridized carbons (Fsp3) is 0.0476. The molecule has 4 nitrogen and oxygen atoms in total. The Kier molecular flexibility index (Phi) is 5.34. The van der Waals surface area contributed by atoms with Crippen molar-refractivity contribution in [3.05, 3.63) is 104 Å². The van der Waals surface area contributed by atoms with Gasteiger partial charge in [0.2, 0.25) is 0 Å². The first-order valence-electron chi connectivity index (χ1n) is 7.98. The summed E-state index contributed by atoms with van der Waals surface area (Å²) in [7, 11) is 0. The number of aromatic carboxylic acids is 1. The average Bonchev–Trinajstić information content (AvgIpc) is 2.63. The van der Waals surface area contributed by atoms with Crippen molar-refractivity contribution >= 4 is 29.7 Å². The van der Waals surface area contributed by atoms with Gasteiger partial charge < -0.3 is 9.67 Å². The molecule has 0 aliphatic heterocycles. The zero-order chi connectivity index (χ0) is 18.5. The van der Waals surface area contributed by atoms with Gasteiger partial charge in [0.15, 0.2) is 0 Å². The maximum atomic E-state index is 12.3. The number of hydrogen-bond donors (Lipinski definition) is 1. The second-order valence-electron chi connectivity index (χ2n) is 5.82. The van der Waals surface area contributed by atoms with Gasteiger partial charge in [-0.05, 0) is 47.0 Å². The van der Waals surface area contributed by atoms with Gasteiger partial charge in [0.25, 0.3) is 5.56 Å². The molecule has 0 amide bonds. The number of nitrogens with zero attached hydrogens (tertiary/aromatic N) is 1. The van der Waals surface area contributed by atoms with Gasteiger partial charge in [-0.2, -0.15) is 0 Å². The molecular formula is C21H16ClNO3. The molecular weight excluding hydrogens is 350 g/mol. The van der Waals surface area contributed by atoms with Crippen LogP contribution in [0.2, 0.25) is 5.02 Å². The van der Waals surface area contributed by atoms with E-state index in [1.54, 1.807) is 35.0 Å². The summed E-state index contributed by atoms with van der Waals surface area (Å²) < 4.78 is 1.54. The van der Waals surface area contributed by atoms with Crippen molar-refractivity contribution < 1.29 is 9.90 Å². The van der Waals surface area contributed by atoms with Crippen molar-refractivity contribution in [3.63, 3.8) is 0 Å². The molecule has 1 heterocycles. The summed E-state index contributed by atoms with van der Waals surface area (Å²) in [6.07, 6.45) is 5.48. The van der Waals surface area contributed by atoms with E-state index in [-0.39, 0.29) is 11.1 Å². The van der Waals surface area contributed by atoms with Gasteiger partial charge in [0.05, 0.1) is 12.1 Å². The largest absolute Gasteiger partial charge is 0.478 e. The fourth-order valence-electron chi connectivity index (χ4n) is 2.52. The molecule has 3 aromatic rings.